The second-order valence-corrected chi connectivity index (χ2v) is 0.348. The van der Waals surface area contributed by atoms with Gasteiger partial charge in [0.05, 0.1) is 0 Å². The summed E-state index contributed by atoms with van der Waals surface area (Å²) < 4.78 is 0. The summed E-state index contributed by atoms with van der Waals surface area (Å²) in [6.07, 6.45) is 7.38. The van der Waals surface area contributed by atoms with E-state index in [-0.39, 0.29) is 24.5 Å². The van der Waals surface area contributed by atoms with Gasteiger partial charge in [-0.1, -0.05) is 0 Å². The molecule has 37 valence electrons. The fraction of sp³-hybridized carbons (Fsp3) is 0. The second kappa shape index (κ2) is 21.2. The van der Waals surface area contributed by atoms with Gasteiger partial charge < -0.3 is 13.9 Å². The first-order valence-electron chi connectivity index (χ1n) is 0.947. The predicted octanol–water partition coefficient (Wildman–Crippen LogP) is 1.21. The van der Waals surface area contributed by atoms with Crippen molar-refractivity contribution in [3.63, 3.8) is 0 Å². The van der Waals surface area contributed by atoms with Crippen LogP contribution in [0.2, 0.25) is 0 Å². The molecule has 0 heterocycles. The smallest absolute Gasteiger partial charge is 0.366 e. The minimum absolute atomic E-state index is 0. The molecule has 1 radical (unpaired) electrons. The van der Waals surface area contributed by atoms with E-state index in [0.29, 0.717) is 0 Å². The molecule has 0 amide bonds. The molecule has 0 saturated carbocycles. The minimum atomic E-state index is 0. The van der Waals surface area contributed by atoms with Gasteiger partial charge in [-0.05, 0) is 0 Å². The number of rotatable bonds is 0. The minimum Gasteiger partial charge on any atom is -0.366 e. The van der Waals surface area contributed by atoms with Gasteiger partial charge in [-0.3, -0.25) is 5.92 Å². The first-order chi connectivity index (χ1) is 1.91. The van der Waals surface area contributed by atoms with Gasteiger partial charge in [0, 0.05) is 0 Å². The molecular weight excluding hydrogens is 124 g/mol. The van der Waals surface area contributed by atoms with Crippen LogP contribution in [0.4, 0.5) is 0 Å². The van der Waals surface area contributed by atoms with E-state index in [4.69, 9.17) is 6.42 Å². The van der Waals surface area contributed by atoms with Crippen LogP contribution in [0, 0.1) is 19.8 Å². The van der Waals surface area contributed by atoms with E-state index in [1.807, 2.05) is 5.92 Å². The van der Waals surface area contributed by atoms with E-state index in [9.17, 15) is 0 Å². The maximum atomic E-state index is 6.08. The zero-order valence-corrected chi connectivity index (χ0v) is 4.53. The zero-order valence-electron chi connectivity index (χ0n) is 3.59. The molecule has 0 rings (SSSR count). The molecule has 0 nitrogen and oxygen atoms in total. The summed E-state index contributed by atoms with van der Waals surface area (Å²) in [7, 11) is 0. The molecule has 0 bridgehead atoms. The summed E-state index contributed by atoms with van der Waals surface area (Å²) in [6.45, 7) is 3.18. The van der Waals surface area contributed by atoms with E-state index < -0.39 is 0 Å². The molecule has 0 atom stereocenters. The molecule has 0 fully saturated rings. The van der Waals surface area contributed by atoms with Gasteiger partial charge in [0.25, 0.3) is 0 Å². The molecular formula is C5H6Cu. The van der Waals surface area contributed by atoms with Gasteiger partial charge in [-0.2, -0.15) is 12.7 Å². The number of allylic oxidation sites excluding steroid dienone is 1. The fourth-order valence-corrected chi connectivity index (χ4v) is 0. The average molecular weight is 130 g/mol. The molecule has 0 aliphatic carbocycles. The summed E-state index contributed by atoms with van der Waals surface area (Å²) >= 11 is 0. The van der Waals surface area contributed by atoms with Crippen molar-refractivity contribution in [3.8, 4) is 5.92 Å². The molecule has 0 spiro atoms. The van der Waals surface area contributed by atoms with Crippen molar-refractivity contribution >= 4 is 0 Å². The second-order valence-electron chi connectivity index (χ2n) is 0.348. The molecule has 6 heavy (non-hydrogen) atoms. The molecule has 0 N–H and O–H groups in total. The van der Waals surface area contributed by atoms with Crippen LogP contribution in [0.5, 0.6) is 0 Å². The molecule has 0 aromatic heterocycles. The van der Waals surface area contributed by atoms with Crippen molar-refractivity contribution in [1.82, 2.24) is 0 Å². The van der Waals surface area contributed by atoms with Gasteiger partial charge in [-0.15, -0.1) is 0 Å². The van der Waals surface area contributed by atoms with Crippen LogP contribution in [0.25, 0.3) is 0 Å². The Morgan fingerprint density at radius 2 is 1.83 bits per heavy atom. The predicted molar refractivity (Wildman–Crippen MR) is 23.7 cm³/mol. The van der Waals surface area contributed by atoms with Crippen LogP contribution >= 0.6 is 0 Å². The van der Waals surface area contributed by atoms with Crippen molar-refractivity contribution in [2.45, 2.75) is 0 Å². The third kappa shape index (κ3) is 45.2. The Balaban J connectivity index is -0.0000000450. The van der Waals surface area contributed by atoms with Crippen molar-refractivity contribution in [3.05, 3.63) is 26.5 Å². The Bertz CT molecular complexity index is 49.4. The Labute approximate surface area is 50.1 Å². The number of hydrogen-bond donors (Lipinski definition) is 0. The largest absolute Gasteiger partial charge is 2.00 e. The van der Waals surface area contributed by atoms with Crippen LogP contribution in [0.15, 0.2) is 12.7 Å². The summed E-state index contributed by atoms with van der Waals surface area (Å²) in [5, 5.41) is 0. The normalized spacial score (nSPS) is 2.50. The molecule has 0 unspecified atom stereocenters. The third-order valence-corrected chi connectivity index (χ3v) is 0.102. The van der Waals surface area contributed by atoms with E-state index in [1.165, 1.54) is 6.08 Å². The Morgan fingerprint density at radius 1 is 1.67 bits per heavy atom. The van der Waals surface area contributed by atoms with Crippen LogP contribution in [-0.2, 0) is 17.1 Å². The summed E-state index contributed by atoms with van der Waals surface area (Å²) in [6, 6.07) is 0. The SMILES string of the molecule is [C-]#CC=C.[CH3-].[Cu+2]. The summed E-state index contributed by atoms with van der Waals surface area (Å²) in [5.74, 6) is 1.94. The third-order valence-electron chi connectivity index (χ3n) is 0.102. The molecule has 0 aliphatic heterocycles. The van der Waals surface area contributed by atoms with Crippen molar-refractivity contribution < 1.29 is 17.1 Å². The maximum Gasteiger partial charge on any atom is 2.00 e. The first-order valence-corrected chi connectivity index (χ1v) is 0.947. The molecule has 0 aromatic carbocycles. The Morgan fingerprint density at radius 3 is 1.83 bits per heavy atom. The maximum absolute atomic E-state index is 6.08. The van der Waals surface area contributed by atoms with Gasteiger partial charge in [0.2, 0.25) is 0 Å². The topological polar surface area (TPSA) is 0 Å². The van der Waals surface area contributed by atoms with Gasteiger partial charge >= 0.3 is 17.1 Å². The van der Waals surface area contributed by atoms with Crippen LogP contribution in [0.3, 0.4) is 0 Å². The van der Waals surface area contributed by atoms with E-state index in [1.54, 1.807) is 0 Å². The van der Waals surface area contributed by atoms with E-state index in [0.717, 1.165) is 0 Å². The molecule has 1 heteroatoms. The van der Waals surface area contributed by atoms with Crippen LogP contribution < -0.4 is 0 Å². The summed E-state index contributed by atoms with van der Waals surface area (Å²) in [4.78, 5) is 0. The van der Waals surface area contributed by atoms with E-state index >= 15 is 0 Å². The van der Waals surface area contributed by atoms with Crippen LogP contribution in [0.1, 0.15) is 0 Å². The molecule has 0 saturated heterocycles. The van der Waals surface area contributed by atoms with Gasteiger partial charge in [0.1, 0.15) is 0 Å². The molecule has 0 aliphatic rings. The molecule has 0 aromatic rings. The fourth-order valence-electron chi connectivity index (χ4n) is 0. The standard InChI is InChI=1S/C4H3.CH3.Cu/c1-3-4-2;;/h3H,1H2;1H3;/q2*-1;+2. The van der Waals surface area contributed by atoms with Gasteiger partial charge in [-0.25, -0.2) is 0 Å². The first kappa shape index (κ1) is 17.0. The van der Waals surface area contributed by atoms with Crippen molar-refractivity contribution in [2.75, 3.05) is 0 Å². The van der Waals surface area contributed by atoms with Crippen LogP contribution in [-0.4, -0.2) is 0 Å². The average Bonchev–Trinajstić information content (AvgIpc) is 1.37. The van der Waals surface area contributed by atoms with Gasteiger partial charge in [0.15, 0.2) is 0 Å². The zero-order chi connectivity index (χ0) is 3.41. The Kier molecular flexibility index (Phi) is 60.2. The van der Waals surface area contributed by atoms with Crippen molar-refractivity contribution in [1.29, 1.82) is 0 Å². The van der Waals surface area contributed by atoms with Crippen molar-refractivity contribution in [2.24, 2.45) is 0 Å². The Hall–Kier alpha value is -0.181. The van der Waals surface area contributed by atoms with E-state index in [2.05, 4.69) is 6.58 Å². The summed E-state index contributed by atoms with van der Waals surface area (Å²) in [5.41, 5.74) is 0. The quantitative estimate of drug-likeness (QED) is 0.262. The monoisotopic (exact) mass is 129 g/mol. The number of hydrogen-bond acceptors (Lipinski definition) is 0.